The number of thioether (sulfide) groups is 1. The van der Waals surface area contributed by atoms with Gasteiger partial charge in [-0.05, 0) is 34.7 Å². The molecule has 0 aliphatic carbocycles. The summed E-state index contributed by atoms with van der Waals surface area (Å²) >= 11 is 8.05. The third-order valence-electron chi connectivity index (χ3n) is 2.03. The van der Waals surface area contributed by atoms with Gasteiger partial charge in [0.2, 0.25) is 0 Å². The zero-order valence-electron chi connectivity index (χ0n) is 8.75. The van der Waals surface area contributed by atoms with E-state index in [1.54, 1.807) is 18.2 Å². The molecule has 1 aromatic heterocycles. The summed E-state index contributed by atoms with van der Waals surface area (Å²) in [6.07, 6.45) is 1.56. The highest BCUT2D eigenvalue weighted by Crippen LogP contribution is 2.32. The van der Waals surface area contributed by atoms with E-state index in [0.717, 1.165) is 16.7 Å². The van der Waals surface area contributed by atoms with Gasteiger partial charge in [0, 0.05) is 6.08 Å². The third-order valence-corrected chi connectivity index (χ3v) is 3.99. The number of carboxylic acids is 1. The van der Waals surface area contributed by atoms with Gasteiger partial charge in [0.1, 0.15) is 16.6 Å². The minimum Gasteiger partial charge on any atom is -0.480 e. The maximum Gasteiger partial charge on any atom is 0.323 e. The summed E-state index contributed by atoms with van der Waals surface area (Å²) in [4.78, 5) is 23.9. The third kappa shape index (κ3) is 2.93. The van der Waals surface area contributed by atoms with E-state index in [0.29, 0.717) is 14.4 Å². The van der Waals surface area contributed by atoms with Crippen molar-refractivity contribution < 1.29 is 19.1 Å². The van der Waals surface area contributed by atoms with Crippen LogP contribution >= 0.6 is 46.6 Å². The summed E-state index contributed by atoms with van der Waals surface area (Å²) in [5, 5.41) is 8.69. The number of furan rings is 1. The monoisotopic (exact) mass is 395 g/mol. The SMILES string of the molecule is O=C(O)CN1C(=O)C(=Cc2ccc(I)o2)SC1=S. The van der Waals surface area contributed by atoms with Crippen LogP contribution in [-0.4, -0.2) is 32.7 Å². The Hall–Kier alpha value is -0.870. The number of aliphatic carboxylic acids is 1. The fourth-order valence-electron chi connectivity index (χ4n) is 1.31. The fourth-order valence-corrected chi connectivity index (χ4v) is 2.98. The lowest BCUT2D eigenvalue weighted by Crippen LogP contribution is -2.33. The number of halogens is 1. The predicted octanol–water partition coefficient (Wildman–Crippen LogP) is 2.17. The van der Waals surface area contributed by atoms with E-state index in [2.05, 4.69) is 0 Å². The molecule has 94 valence electrons. The van der Waals surface area contributed by atoms with Gasteiger partial charge in [0.15, 0.2) is 3.77 Å². The van der Waals surface area contributed by atoms with Crippen LogP contribution in [-0.2, 0) is 9.59 Å². The maximum absolute atomic E-state index is 11.9. The summed E-state index contributed by atoms with van der Waals surface area (Å²) in [7, 11) is 0. The second-order valence-corrected chi connectivity index (χ2v) is 6.04. The Balaban J connectivity index is 2.22. The molecular weight excluding hydrogens is 389 g/mol. The van der Waals surface area contributed by atoms with Crippen molar-refractivity contribution in [2.24, 2.45) is 0 Å². The lowest BCUT2D eigenvalue weighted by Gasteiger charge is -2.09. The molecule has 2 rings (SSSR count). The average molecular weight is 395 g/mol. The molecule has 0 saturated carbocycles. The van der Waals surface area contributed by atoms with E-state index < -0.39 is 18.4 Å². The predicted molar refractivity (Wildman–Crippen MR) is 78.9 cm³/mol. The Kier molecular flexibility index (Phi) is 4.07. The van der Waals surface area contributed by atoms with Crippen LogP contribution in [0.3, 0.4) is 0 Å². The topological polar surface area (TPSA) is 70.8 Å². The Labute approximate surface area is 125 Å². The first-order chi connectivity index (χ1) is 8.47. The van der Waals surface area contributed by atoms with Gasteiger partial charge in [-0.25, -0.2) is 0 Å². The molecule has 5 nitrogen and oxygen atoms in total. The highest BCUT2D eigenvalue weighted by molar-refractivity contribution is 14.1. The van der Waals surface area contributed by atoms with E-state index in [9.17, 15) is 9.59 Å². The number of nitrogens with zero attached hydrogens (tertiary/aromatic N) is 1. The van der Waals surface area contributed by atoms with Gasteiger partial charge in [-0.1, -0.05) is 24.0 Å². The van der Waals surface area contributed by atoms with Crippen molar-refractivity contribution in [1.29, 1.82) is 0 Å². The van der Waals surface area contributed by atoms with Crippen molar-refractivity contribution in [3.05, 3.63) is 26.6 Å². The zero-order valence-corrected chi connectivity index (χ0v) is 12.5. The van der Waals surface area contributed by atoms with Crippen molar-refractivity contribution in [2.75, 3.05) is 6.54 Å². The van der Waals surface area contributed by atoms with Crippen molar-refractivity contribution in [3.8, 4) is 0 Å². The molecule has 2 heterocycles. The molecule has 1 aromatic rings. The molecule has 1 aliphatic rings. The van der Waals surface area contributed by atoms with Crippen molar-refractivity contribution in [2.45, 2.75) is 0 Å². The molecule has 1 amide bonds. The number of carboxylic acid groups (broad SMARTS) is 1. The molecule has 0 atom stereocenters. The molecule has 1 fully saturated rings. The van der Waals surface area contributed by atoms with Gasteiger partial charge in [-0.2, -0.15) is 0 Å². The number of amides is 1. The number of rotatable bonds is 3. The number of hydrogen-bond donors (Lipinski definition) is 1. The second kappa shape index (κ2) is 5.41. The highest BCUT2D eigenvalue weighted by atomic mass is 127. The zero-order chi connectivity index (χ0) is 13.3. The van der Waals surface area contributed by atoms with Crippen molar-refractivity contribution >= 4 is 68.8 Å². The maximum atomic E-state index is 11.9. The molecule has 1 saturated heterocycles. The molecule has 0 aromatic carbocycles. The molecule has 1 N–H and O–H groups in total. The first kappa shape index (κ1) is 13.6. The molecule has 0 bridgehead atoms. The summed E-state index contributed by atoms with van der Waals surface area (Å²) < 4.78 is 6.27. The molecule has 8 heteroatoms. The first-order valence-electron chi connectivity index (χ1n) is 4.70. The summed E-state index contributed by atoms with van der Waals surface area (Å²) in [6, 6.07) is 3.50. The summed E-state index contributed by atoms with van der Waals surface area (Å²) in [5.41, 5.74) is 0. The molecule has 0 unspecified atom stereocenters. The number of hydrogen-bond acceptors (Lipinski definition) is 5. The Morgan fingerprint density at radius 2 is 2.33 bits per heavy atom. The fraction of sp³-hybridized carbons (Fsp3) is 0.100. The van der Waals surface area contributed by atoms with E-state index >= 15 is 0 Å². The number of thiocarbonyl (C=S) groups is 1. The lowest BCUT2D eigenvalue weighted by molar-refractivity contribution is -0.140. The standard InChI is InChI=1S/C10H6INO4S2/c11-7-2-1-5(16-7)3-6-9(15)12(4-8(13)14)10(17)18-6/h1-3H,4H2,(H,13,14). The second-order valence-electron chi connectivity index (χ2n) is 3.30. The molecule has 0 radical (unpaired) electrons. The van der Waals surface area contributed by atoms with Crippen molar-refractivity contribution in [1.82, 2.24) is 4.90 Å². The Bertz CT molecular complexity index is 566. The van der Waals surface area contributed by atoms with E-state index in [1.807, 2.05) is 22.6 Å². The van der Waals surface area contributed by atoms with Gasteiger partial charge in [0.05, 0.1) is 4.91 Å². The van der Waals surface area contributed by atoms with Gasteiger partial charge >= 0.3 is 5.97 Å². The minimum absolute atomic E-state index is 0.245. The summed E-state index contributed by atoms with van der Waals surface area (Å²) in [5.74, 6) is -0.964. The van der Waals surface area contributed by atoms with Gasteiger partial charge in [-0.3, -0.25) is 14.5 Å². The number of carbonyl (C=O) groups is 2. The lowest BCUT2D eigenvalue weighted by atomic mass is 10.3. The molecule has 18 heavy (non-hydrogen) atoms. The smallest absolute Gasteiger partial charge is 0.323 e. The summed E-state index contributed by atoms with van der Waals surface area (Å²) in [6.45, 7) is -0.419. The molecular formula is C10H6INO4S2. The first-order valence-corrected chi connectivity index (χ1v) is 7.00. The van der Waals surface area contributed by atoms with Gasteiger partial charge < -0.3 is 9.52 Å². The van der Waals surface area contributed by atoms with Crippen LogP contribution in [0.25, 0.3) is 6.08 Å². The normalized spacial score (nSPS) is 17.8. The van der Waals surface area contributed by atoms with Crippen LogP contribution in [0.4, 0.5) is 0 Å². The Morgan fingerprint density at radius 1 is 1.61 bits per heavy atom. The average Bonchev–Trinajstić information content (AvgIpc) is 2.78. The van der Waals surface area contributed by atoms with Crippen LogP contribution in [0.1, 0.15) is 5.76 Å². The van der Waals surface area contributed by atoms with E-state index in [4.69, 9.17) is 21.7 Å². The van der Waals surface area contributed by atoms with Crippen molar-refractivity contribution in [3.63, 3.8) is 0 Å². The van der Waals surface area contributed by atoms with Gasteiger partial charge in [0.25, 0.3) is 5.91 Å². The van der Waals surface area contributed by atoms with Crippen LogP contribution in [0.5, 0.6) is 0 Å². The van der Waals surface area contributed by atoms with E-state index in [1.165, 1.54) is 0 Å². The van der Waals surface area contributed by atoms with Crippen LogP contribution in [0, 0.1) is 3.77 Å². The largest absolute Gasteiger partial charge is 0.480 e. The number of carbonyl (C=O) groups excluding carboxylic acids is 1. The van der Waals surface area contributed by atoms with Crippen LogP contribution < -0.4 is 0 Å². The quantitative estimate of drug-likeness (QED) is 0.481. The molecule has 0 spiro atoms. The van der Waals surface area contributed by atoms with E-state index in [-0.39, 0.29) is 4.32 Å². The van der Waals surface area contributed by atoms with Crippen LogP contribution in [0.2, 0.25) is 0 Å². The molecule has 1 aliphatic heterocycles. The van der Waals surface area contributed by atoms with Crippen LogP contribution in [0.15, 0.2) is 21.5 Å². The Morgan fingerprint density at radius 3 is 2.89 bits per heavy atom. The highest BCUT2D eigenvalue weighted by Gasteiger charge is 2.33. The minimum atomic E-state index is -1.10. The van der Waals surface area contributed by atoms with Gasteiger partial charge in [-0.15, -0.1) is 0 Å².